The van der Waals surface area contributed by atoms with Crippen molar-refractivity contribution in [2.45, 2.75) is 12.6 Å². The standard InChI is InChI=1S/C18H20FN3O3.HI/c1-20-18(22-10-15(23)13-3-2-4-14(19)8-13)21-9-12-5-6-16-17(7-12)25-11-24-16;/h2-8,15,23H,9-11H2,1H3,(H2,20,21,22);1H. The van der Waals surface area contributed by atoms with Crippen LogP contribution in [0.1, 0.15) is 17.2 Å². The molecule has 26 heavy (non-hydrogen) atoms. The maximum absolute atomic E-state index is 13.2. The first-order valence-corrected chi connectivity index (χ1v) is 7.92. The zero-order chi connectivity index (χ0) is 17.6. The van der Waals surface area contributed by atoms with Gasteiger partial charge in [0.2, 0.25) is 6.79 Å². The highest BCUT2D eigenvalue weighted by Gasteiger charge is 2.13. The van der Waals surface area contributed by atoms with Crippen LogP contribution >= 0.6 is 24.0 Å². The Labute approximate surface area is 168 Å². The van der Waals surface area contributed by atoms with E-state index in [0.717, 1.165) is 17.1 Å². The van der Waals surface area contributed by atoms with E-state index >= 15 is 0 Å². The highest BCUT2D eigenvalue weighted by Crippen LogP contribution is 2.32. The van der Waals surface area contributed by atoms with Gasteiger partial charge in [0.15, 0.2) is 17.5 Å². The molecule has 0 saturated heterocycles. The molecule has 0 spiro atoms. The Morgan fingerprint density at radius 2 is 2.00 bits per heavy atom. The molecule has 6 nitrogen and oxygen atoms in total. The largest absolute Gasteiger partial charge is 0.454 e. The SMILES string of the molecule is CN=C(NCc1ccc2c(c1)OCO2)NCC(O)c1cccc(F)c1.I. The molecule has 0 amide bonds. The Morgan fingerprint density at radius 3 is 2.77 bits per heavy atom. The lowest BCUT2D eigenvalue weighted by Crippen LogP contribution is -2.39. The van der Waals surface area contributed by atoms with Crippen molar-refractivity contribution < 1.29 is 19.0 Å². The van der Waals surface area contributed by atoms with Gasteiger partial charge in [0.25, 0.3) is 0 Å². The van der Waals surface area contributed by atoms with Gasteiger partial charge in [-0.05, 0) is 35.4 Å². The second kappa shape index (κ2) is 9.58. The molecular formula is C18H21FIN3O3. The molecule has 3 rings (SSSR count). The number of fused-ring (bicyclic) bond motifs is 1. The molecule has 0 radical (unpaired) electrons. The second-order valence-electron chi connectivity index (χ2n) is 5.57. The van der Waals surface area contributed by atoms with Crippen molar-refractivity contribution in [3.8, 4) is 11.5 Å². The number of aliphatic hydroxyl groups excluding tert-OH is 1. The minimum Gasteiger partial charge on any atom is -0.454 e. The van der Waals surface area contributed by atoms with Crippen LogP contribution in [0.4, 0.5) is 4.39 Å². The summed E-state index contributed by atoms with van der Waals surface area (Å²) in [5, 5.41) is 16.3. The maximum Gasteiger partial charge on any atom is 0.231 e. The molecule has 0 saturated carbocycles. The van der Waals surface area contributed by atoms with Gasteiger partial charge in [0.1, 0.15) is 5.82 Å². The maximum atomic E-state index is 13.2. The van der Waals surface area contributed by atoms with Gasteiger partial charge in [-0.3, -0.25) is 4.99 Å². The predicted octanol–water partition coefficient (Wildman–Crippen LogP) is 2.57. The average molecular weight is 473 g/mol. The van der Waals surface area contributed by atoms with Crippen molar-refractivity contribution in [1.29, 1.82) is 0 Å². The lowest BCUT2D eigenvalue weighted by atomic mass is 10.1. The molecule has 140 valence electrons. The number of nitrogens with zero attached hydrogens (tertiary/aromatic N) is 1. The number of hydrogen-bond acceptors (Lipinski definition) is 4. The first-order valence-electron chi connectivity index (χ1n) is 7.92. The van der Waals surface area contributed by atoms with Gasteiger partial charge in [-0.1, -0.05) is 18.2 Å². The van der Waals surface area contributed by atoms with Gasteiger partial charge in [0, 0.05) is 20.1 Å². The highest BCUT2D eigenvalue weighted by molar-refractivity contribution is 14.0. The lowest BCUT2D eigenvalue weighted by Gasteiger charge is -2.16. The summed E-state index contributed by atoms with van der Waals surface area (Å²) in [6.45, 7) is 0.990. The molecule has 3 N–H and O–H groups in total. The lowest BCUT2D eigenvalue weighted by molar-refractivity contribution is 0.174. The van der Waals surface area contributed by atoms with Crippen LogP contribution in [-0.4, -0.2) is 31.5 Å². The van der Waals surface area contributed by atoms with E-state index in [4.69, 9.17) is 9.47 Å². The predicted molar refractivity (Wildman–Crippen MR) is 108 cm³/mol. The number of rotatable bonds is 5. The Balaban J connectivity index is 0.00000243. The molecule has 1 aliphatic heterocycles. The molecular weight excluding hydrogens is 452 g/mol. The van der Waals surface area contributed by atoms with E-state index in [0.29, 0.717) is 18.1 Å². The molecule has 2 aromatic rings. The third-order valence-electron chi connectivity index (χ3n) is 3.82. The summed E-state index contributed by atoms with van der Waals surface area (Å²) in [6, 6.07) is 11.6. The highest BCUT2D eigenvalue weighted by atomic mass is 127. The van der Waals surface area contributed by atoms with Crippen LogP contribution < -0.4 is 20.1 Å². The zero-order valence-electron chi connectivity index (χ0n) is 14.2. The fraction of sp³-hybridized carbons (Fsp3) is 0.278. The van der Waals surface area contributed by atoms with E-state index in [1.54, 1.807) is 19.2 Å². The Morgan fingerprint density at radius 1 is 1.19 bits per heavy atom. The minimum atomic E-state index is -0.834. The van der Waals surface area contributed by atoms with Gasteiger partial charge in [0.05, 0.1) is 6.10 Å². The monoisotopic (exact) mass is 473 g/mol. The number of ether oxygens (including phenoxy) is 2. The molecule has 0 fully saturated rings. The quantitative estimate of drug-likeness (QED) is 0.354. The summed E-state index contributed by atoms with van der Waals surface area (Å²) in [4.78, 5) is 4.11. The molecule has 0 bridgehead atoms. The van der Waals surface area contributed by atoms with Crippen LogP contribution in [0.25, 0.3) is 0 Å². The van der Waals surface area contributed by atoms with E-state index in [2.05, 4.69) is 15.6 Å². The normalized spacial score (nSPS) is 13.7. The molecule has 1 heterocycles. The van der Waals surface area contributed by atoms with Crippen LogP contribution in [0.5, 0.6) is 11.5 Å². The molecule has 1 aliphatic rings. The topological polar surface area (TPSA) is 75.1 Å². The van der Waals surface area contributed by atoms with E-state index in [-0.39, 0.29) is 43.1 Å². The van der Waals surface area contributed by atoms with Gasteiger partial charge in [-0.2, -0.15) is 0 Å². The average Bonchev–Trinajstić information content (AvgIpc) is 3.09. The summed E-state index contributed by atoms with van der Waals surface area (Å²) in [5.74, 6) is 1.63. The second-order valence-corrected chi connectivity index (χ2v) is 5.57. The van der Waals surface area contributed by atoms with Gasteiger partial charge in [-0.15, -0.1) is 24.0 Å². The zero-order valence-corrected chi connectivity index (χ0v) is 16.6. The van der Waals surface area contributed by atoms with Gasteiger partial charge in [-0.25, -0.2) is 4.39 Å². The van der Waals surface area contributed by atoms with Crippen LogP contribution in [-0.2, 0) is 6.54 Å². The summed E-state index contributed by atoms with van der Waals surface area (Å²) in [6.07, 6.45) is -0.834. The van der Waals surface area contributed by atoms with Gasteiger partial charge < -0.3 is 25.2 Å². The number of nitrogens with one attached hydrogen (secondary N) is 2. The van der Waals surface area contributed by atoms with Crippen molar-refractivity contribution in [1.82, 2.24) is 10.6 Å². The number of hydrogen-bond donors (Lipinski definition) is 3. The van der Waals surface area contributed by atoms with Crippen LogP contribution in [0.2, 0.25) is 0 Å². The fourth-order valence-electron chi connectivity index (χ4n) is 2.48. The molecule has 0 aromatic heterocycles. The van der Waals surface area contributed by atoms with Crippen molar-refractivity contribution >= 4 is 29.9 Å². The Kier molecular flexibility index (Phi) is 7.46. The van der Waals surface area contributed by atoms with Crippen molar-refractivity contribution in [2.24, 2.45) is 4.99 Å². The molecule has 0 aliphatic carbocycles. The summed E-state index contributed by atoms with van der Waals surface area (Å²) >= 11 is 0. The Hall–Kier alpha value is -2.07. The molecule has 2 aromatic carbocycles. The van der Waals surface area contributed by atoms with Gasteiger partial charge >= 0.3 is 0 Å². The Bertz CT molecular complexity index is 773. The number of aliphatic imine (C=N–C) groups is 1. The number of aliphatic hydroxyl groups is 1. The summed E-state index contributed by atoms with van der Waals surface area (Å²) in [7, 11) is 1.64. The van der Waals surface area contributed by atoms with E-state index in [1.807, 2.05) is 18.2 Å². The number of halogens is 2. The first kappa shape index (κ1) is 20.2. The summed E-state index contributed by atoms with van der Waals surface area (Å²) < 4.78 is 23.8. The fourth-order valence-corrected chi connectivity index (χ4v) is 2.48. The van der Waals surface area contributed by atoms with Crippen molar-refractivity contribution in [3.63, 3.8) is 0 Å². The molecule has 1 unspecified atom stereocenters. The smallest absolute Gasteiger partial charge is 0.231 e. The number of benzene rings is 2. The summed E-state index contributed by atoms with van der Waals surface area (Å²) in [5.41, 5.74) is 1.52. The minimum absolute atomic E-state index is 0. The van der Waals surface area contributed by atoms with Crippen molar-refractivity contribution in [2.75, 3.05) is 20.4 Å². The van der Waals surface area contributed by atoms with Crippen molar-refractivity contribution in [3.05, 3.63) is 59.4 Å². The van der Waals surface area contributed by atoms with Crippen LogP contribution in [0.15, 0.2) is 47.5 Å². The third kappa shape index (κ3) is 5.21. The molecule has 8 heteroatoms. The van der Waals surface area contributed by atoms with E-state index < -0.39 is 6.10 Å². The van der Waals surface area contributed by atoms with E-state index in [1.165, 1.54) is 12.1 Å². The first-order chi connectivity index (χ1) is 12.2. The van der Waals surface area contributed by atoms with Crippen LogP contribution in [0.3, 0.4) is 0 Å². The van der Waals surface area contributed by atoms with Crippen LogP contribution in [0, 0.1) is 5.82 Å². The third-order valence-corrected chi connectivity index (χ3v) is 3.82. The number of guanidine groups is 1. The van der Waals surface area contributed by atoms with E-state index in [9.17, 15) is 9.50 Å². The molecule has 1 atom stereocenters.